The first-order valence-corrected chi connectivity index (χ1v) is 7.86. The molecule has 3 aliphatic heterocycles. The molecule has 0 aliphatic carbocycles. The summed E-state index contributed by atoms with van der Waals surface area (Å²) in [6, 6.07) is 0.813. The van der Waals surface area contributed by atoms with Gasteiger partial charge < -0.3 is 10.2 Å². The van der Waals surface area contributed by atoms with Crippen LogP contribution in [0.2, 0.25) is 0 Å². The highest BCUT2D eigenvalue weighted by Crippen LogP contribution is 2.27. The van der Waals surface area contributed by atoms with E-state index in [-0.39, 0.29) is 0 Å². The molecule has 3 fully saturated rings. The van der Waals surface area contributed by atoms with E-state index in [9.17, 15) is 0 Å². The van der Waals surface area contributed by atoms with E-state index in [1.807, 2.05) is 0 Å². The first kappa shape index (κ1) is 13.4. The zero-order valence-corrected chi connectivity index (χ0v) is 11.6. The van der Waals surface area contributed by atoms with Crippen molar-refractivity contribution in [1.82, 2.24) is 10.2 Å². The van der Waals surface area contributed by atoms with E-state index in [2.05, 4.69) is 17.1 Å². The van der Waals surface area contributed by atoms with Crippen molar-refractivity contribution in [2.24, 2.45) is 5.92 Å². The van der Waals surface area contributed by atoms with Crippen molar-refractivity contribution in [3.8, 4) is 0 Å². The molecule has 0 spiro atoms. The van der Waals surface area contributed by atoms with Crippen LogP contribution in [0.1, 0.15) is 58.3 Å². The normalized spacial score (nSPS) is 31.9. The third-order valence-corrected chi connectivity index (χ3v) is 4.59. The van der Waals surface area contributed by atoms with E-state index in [1.54, 1.807) is 0 Å². The Hall–Kier alpha value is -0.0800. The van der Waals surface area contributed by atoms with Gasteiger partial charge in [0.25, 0.3) is 0 Å². The van der Waals surface area contributed by atoms with Crippen LogP contribution in [0.15, 0.2) is 0 Å². The molecule has 2 heteroatoms. The van der Waals surface area contributed by atoms with Crippen LogP contribution in [0.4, 0.5) is 0 Å². The smallest absolute Gasteiger partial charge is 0.0224 e. The van der Waals surface area contributed by atoms with Gasteiger partial charge in [-0.05, 0) is 44.8 Å². The van der Waals surface area contributed by atoms with Gasteiger partial charge in [0.1, 0.15) is 0 Å². The molecule has 1 unspecified atom stereocenters. The van der Waals surface area contributed by atoms with Gasteiger partial charge in [-0.25, -0.2) is 0 Å². The lowest BCUT2D eigenvalue weighted by Gasteiger charge is -2.45. The van der Waals surface area contributed by atoms with Crippen molar-refractivity contribution in [3.63, 3.8) is 0 Å². The quantitative estimate of drug-likeness (QED) is 0.654. The van der Waals surface area contributed by atoms with Crippen molar-refractivity contribution in [3.05, 3.63) is 0 Å². The molecule has 1 atom stereocenters. The number of hydrogen-bond donors (Lipinski definition) is 1. The number of rotatable bonds is 8. The van der Waals surface area contributed by atoms with Gasteiger partial charge >= 0.3 is 0 Å². The molecular formula is C15H30N2. The number of piperidine rings is 3. The molecule has 3 rings (SSSR count). The Morgan fingerprint density at radius 1 is 1.00 bits per heavy atom. The Bertz CT molecular complexity index is 197. The van der Waals surface area contributed by atoms with E-state index in [1.165, 1.54) is 77.5 Å². The standard InChI is InChI=1S/C15H30N2/c1-2-3-4-5-6-7-10-16-15-13-17-11-8-14(15)9-12-17/h14-16H,2-13H2,1H3. The summed E-state index contributed by atoms with van der Waals surface area (Å²) >= 11 is 0. The Labute approximate surface area is 107 Å². The van der Waals surface area contributed by atoms with Crippen LogP contribution >= 0.6 is 0 Å². The molecule has 0 radical (unpaired) electrons. The van der Waals surface area contributed by atoms with Crippen LogP contribution in [-0.4, -0.2) is 37.1 Å². The van der Waals surface area contributed by atoms with E-state index in [0.29, 0.717) is 0 Å². The minimum absolute atomic E-state index is 0.813. The zero-order chi connectivity index (χ0) is 11.9. The maximum absolute atomic E-state index is 3.80. The Morgan fingerprint density at radius 2 is 1.71 bits per heavy atom. The molecule has 0 aromatic carbocycles. The summed E-state index contributed by atoms with van der Waals surface area (Å²) in [6.45, 7) is 7.58. The summed E-state index contributed by atoms with van der Waals surface area (Å²) < 4.78 is 0. The molecule has 3 heterocycles. The average molecular weight is 238 g/mol. The van der Waals surface area contributed by atoms with Crippen molar-refractivity contribution in [2.75, 3.05) is 26.2 Å². The van der Waals surface area contributed by atoms with Crippen LogP contribution in [0, 0.1) is 5.92 Å². The minimum atomic E-state index is 0.813. The largest absolute Gasteiger partial charge is 0.312 e. The zero-order valence-electron chi connectivity index (χ0n) is 11.6. The molecule has 1 N–H and O–H groups in total. The van der Waals surface area contributed by atoms with Crippen LogP contribution < -0.4 is 5.32 Å². The van der Waals surface area contributed by atoms with Gasteiger partial charge in [-0.3, -0.25) is 0 Å². The summed E-state index contributed by atoms with van der Waals surface area (Å²) in [7, 11) is 0. The predicted molar refractivity (Wildman–Crippen MR) is 74.3 cm³/mol. The van der Waals surface area contributed by atoms with Crippen LogP contribution in [0.5, 0.6) is 0 Å². The maximum Gasteiger partial charge on any atom is 0.0224 e. The SMILES string of the molecule is CCCCCCCCNC1CN2CCC1CC2. The third kappa shape index (κ3) is 4.26. The molecular weight excluding hydrogens is 208 g/mol. The van der Waals surface area contributed by atoms with Crippen LogP contribution in [-0.2, 0) is 0 Å². The molecule has 17 heavy (non-hydrogen) atoms. The molecule has 3 aliphatic rings. The minimum Gasteiger partial charge on any atom is -0.312 e. The van der Waals surface area contributed by atoms with E-state index in [4.69, 9.17) is 0 Å². The summed E-state index contributed by atoms with van der Waals surface area (Å²) in [5.74, 6) is 0.986. The second-order valence-electron chi connectivity index (χ2n) is 5.97. The summed E-state index contributed by atoms with van der Waals surface area (Å²) in [4.78, 5) is 2.64. The Kier molecular flexibility index (Phi) is 5.79. The molecule has 2 nitrogen and oxygen atoms in total. The van der Waals surface area contributed by atoms with Gasteiger partial charge in [-0.15, -0.1) is 0 Å². The number of nitrogens with one attached hydrogen (secondary N) is 1. The summed E-state index contributed by atoms with van der Waals surface area (Å²) in [5, 5.41) is 3.80. The highest BCUT2D eigenvalue weighted by atomic mass is 15.2. The van der Waals surface area contributed by atoms with E-state index in [0.717, 1.165) is 12.0 Å². The first-order chi connectivity index (χ1) is 8.40. The number of hydrogen-bond acceptors (Lipinski definition) is 2. The monoisotopic (exact) mass is 238 g/mol. The first-order valence-electron chi connectivity index (χ1n) is 7.86. The highest BCUT2D eigenvalue weighted by Gasteiger charge is 2.33. The van der Waals surface area contributed by atoms with Crippen molar-refractivity contribution in [2.45, 2.75) is 64.3 Å². The molecule has 2 bridgehead atoms. The number of nitrogens with zero attached hydrogens (tertiary/aromatic N) is 1. The molecule has 3 saturated heterocycles. The molecule has 0 aromatic heterocycles. The van der Waals surface area contributed by atoms with Gasteiger partial charge in [0, 0.05) is 12.6 Å². The number of fused-ring (bicyclic) bond motifs is 3. The van der Waals surface area contributed by atoms with E-state index < -0.39 is 0 Å². The van der Waals surface area contributed by atoms with Gasteiger partial charge in [-0.2, -0.15) is 0 Å². The second kappa shape index (κ2) is 7.38. The van der Waals surface area contributed by atoms with Gasteiger partial charge in [0.15, 0.2) is 0 Å². The lowest BCUT2D eigenvalue weighted by molar-refractivity contribution is 0.0727. The Balaban J connectivity index is 1.48. The van der Waals surface area contributed by atoms with Crippen LogP contribution in [0.3, 0.4) is 0 Å². The average Bonchev–Trinajstić information content (AvgIpc) is 2.39. The fourth-order valence-corrected chi connectivity index (χ4v) is 3.39. The fourth-order valence-electron chi connectivity index (χ4n) is 3.39. The molecule has 100 valence electrons. The van der Waals surface area contributed by atoms with Crippen molar-refractivity contribution >= 4 is 0 Å². The summed E-state index contributed by atoms with van der Waals surface area (Å²) in [5.41, 5.74) is 0. The lowest BCUT2D eigenvalue weighted by Crippen LogP contribution is -2.56. The van der Waals surface area contributed by atoms with Crippen LogP contribution in [0.25, 0.3) is 0 Å². The predicted octanol–water partition coefficient (Wildman–Crippen LogP) is 3.03. The lowest BCUT2D eigenvalue weighted by atomic mass is 9.84. The van der Waals surface area contributed by atoms with Gasteiger partial charge in [-0.1, -0.05) is 39.0 Å². The molecule has 0 saturated carbocycles. The Morgan fingerprint density at radius 3 is 2.35 bits per heavy atom. The molecule has 0 aromatic rings. The topological polar surface area (TPSA) is 15.3 Å². The van der Waals surface area contributed by atoms with Gasteiger partial charge in [0.05, 0.1) is 0 Å². The van der Waals surface area contributed by atoms with E-state index >= 15 is 0 Å². The van der Waals surface area contributed by atoms with Crippen molar-refractivity contribution in [1.29, 1.82) is 0 Å². The maximum atomic E-state index is 3.80. The number of unbranched alkanes of at least 4 members (excludes halogenated alkanes) is 5. The highest BCUT2D eigenvalue weighted by molar-refractivity contribution is 4.90. The fraction of sp³-hybridized carbons (Fsp3) is 1.00. The van der Waals surface area contributed by atoms with Gasteiger partial charge in [0.2, 0.25) is 0 Å². The van der Waals surface area contributed by atoms with Crippen molar-refractivity contribution < 1.29 is 0 Å². The second-order valence-corrected chi connectivity index (χ2v) is 5.97. The molecule has 0 amide bonds. The summed E-state index contributed by atoms with van der Waals surface area (Å²) in [6.07, 6.45) is 11.3. The third-order valence-electron chi connectivity index (χ3n) is 4.59.